The minimum absolute atomic E-state index is 0.217. The number of carbonyl (C=O) groups excluding carboxylic acids is 2. The van der Waals surface area contributed by atoms with E-state index in [1.807, 2.05) is 32.0 Å². The molecule has 0 unspecified atom stereocenters. The van der Waals surface area contributed by atoms with Crippen LogP contribution in [-0.4, -0.2) is 62.6 Å². The van der Waals surface area contributed by atoms with Crippen LogP contribution in [0.15, 0.2) is 42.5 Å². The van der Waals surface area contributed by atoms with Crippen LogP contribution >= 0.6 is 0 Å². The predicted molar refractivity (Wildman–Crippen MR) is 124 cm³/mol. The number of fused-ring (bicyclic) bond motifs is 1. The number of aromatic hydroxyl groups is 2. The molecule has 0 spiro atoms. The summed E-state index contributed by atoms with van der Waals surface area (Å²) in [7, 11) is 0. The van der Waals surface area contributed by atoms with Gasteiger partial charge in [0.25, 0.3) is 0 Å². The van der Waals surface area contributed by atoms with E-state index < -0.39 is 11.8 Å². The number of hydrogen-bond donors (Lipinski definition) is 2. The Kier molecular flexibility index (Phi) is 6.08. The number of rotatable bonds is 7. The maximum absolute atomic E-state index is 12.3. The van der Waals surface area contributed by atoms with Crippen LogP contribution in [0.3, 0.4) is 0 Å². The quantitative estimate of drug-likeness (QED) is 0.439. The molecular formula is C25H29N3O4. The van der Waals surface area contributed by atoms with Crippen LogP contribution in [0.1, 0.15) is 25.3 Å². The summed E-state index contributed by atoms with van der Waals surface area (Å²) in [5, 5.41) is 20.7. The lowest BCUT2D eigenvalue weighted by Gasteiger charge is -2.33. The normalized spacial score (nSPS) is 14.6. The van der Waals surface area contributed by atoms with Crippen LogP contribution in [0.2, 0.25) is 0 Å². The number of likely N-dealkylation sites (N-methyl/N-ethyl adjacent to an activating group) is 1. The minimum atomic E-state index is -0.403. The Morgan fingerprint density at radius 3 is 2.19 bits per heavy atom. The zero-order valence-corrected chi connectivity index (χ0v) is 18.5. The van der Waals surface area contributed by atoms with Gasteiger partial charge in [0, 0.05) is 43.6 Å². The van der Waals surface area contributed by atoms with Crippen molar-refractivity contribution >= 4 is 22.7 Å². The first-order chi connectivity index (χ1) is 15.4. The summed E-state index contributed by atoms with van der Waals surface area (Å²) >= 11 is 0. The maximum atomic E-state index is 12.3. The average Bonchev–Trinajstić information content (AvgIpc) is 3.05. The number of phenolic OH excluding ortho intramolecular Hbond substituents is 2. The standard InChI is InChI=1S/C25H29N3O4/c1-3-26-14-15-27(25(32)24(26)31)12-4-5-13-28-22-11-10-20(30)16-21(22)17(2)23(28)18-6-8-19(29)9-7-18/h6-11,16,29-30H,3-5,12-15H2,1-2H3. The Hall–Kier alpha value is -3.48. The van der Waals surface area contributed by atoms with E-state index in [9.17, 15) is 19.8 Å². The molecule has 1 aromatic heterocycles. The minimum Gasteiger partial charge on any atom is -0.508 e. The highest BCUT2D eigenvalue weighted by molar-refractivity contribution is 6.35. The largest absolute Gasteiger partial charge is 0.508 e. The van der Waals surface area contributed by atoms with Gasteiger partial charge in [0.1, 0.15) is 11.5 Å². The third-order valence-corrected chi connectivity index (χ3v) is 6.28. The third kappa shape index (κ3) is 4.02. The highest BCUT2D eigenvalue weighted by atomic mass is 16.3. The Bertz CT molecular complexity index is 1150. The van der Waals surface area contributed by atoms with Crippen molar-refractivity contribution in [2.45, 2.75) is 33.2 Å². The fourth-order valence-corrected chi connectivity index (χ4v) is 4.54. The molecule has 3 aromatic rings. The number of phenols is 2. The van der Waals surface area contributed by atoms with Crippen LogP contribution in [0.25, 0.3) is 22.2 Å². The zero-order valence-electron chi connectivity index (χ0n) is 18.5. The van der Waals surface area contributed by atoms with E-state index in [2.05, 4.69) is 4.57 Å². The van der Waals surface area contributed by atoms with E-state index in [0.29, 0.717) is 26.2 Å². The molecule has 1 fully saturated rings. The van der Waals surface area contributed by atoms with Crippen LogP contribution in [0.4, 0.5) is 0 Å². The van der Waals surface area contributed by atoms with E-state index >= 15 is 0 Å². The Labute approximate surface area is 187 Å². The second-order valence-electron chi connectivity index (χ2n) is 8.26. The third-order valence-electron chi connectivity index (χ3n) is 6.28. The molecule has 7 heteroatoms. The second-order valence-corrected chi connectivity index (χ2v) is 8.26. The molecule has 32 heavy (non-hydrogen) atoms. The molecule has 2 aromatic carbocycles. The summed E-state index contributed by atoms with van der Waals surface area (Å²) in [6.45, 7) is 6.97. The van der Waals surface area contributed by atoms with Gasteiger partial charge in [-0.2, -0.15) is 0 Å². The van der Waals surface area contributed by atoms with Crippen LogP contribution in [0.5, 0.6) is 11.5 Å². The van der Waals surface area contributed by atoms with Gasteiger partial charge in [0.2, 0.25) is 0 Å². The first-order valence-electron chi connectivity index (χ1n) is 11.1. The van der Waals surface area contributed by atoms with Crippen molar-refractivity contribution in [1.29, 1.82) is 0 Å². The number of benzene rings is 2. The summed E-state index contributed by atoms with van der Waals surface area (Å²) in [6, 6.07) is 12.5. The second kappa shape index (κ2) is 8.94. The smallest absolute Gasteiger partial charge is 0.312 e. The van der Waals surface area contributed by atoms with Gasteiger partial charge in [-0.25, -0.2) is 0 Å². The van der Waals surface area contributed by atoms with Crippen LogP contribution in [-0.2, 0) is 16.1 Å². The lowest BCUT2D eigenvalue weighted by molar-refractivity contribution is -0.155. The molecule has 1 aliphatic heterocycles. The van der Waals surface area contributed by atoms with Gasteiger partial charge < -0.3 is 24.6 Å². The van der Waals surface area contributed by atoms with Crippen LogP contribution in [0, 0.1) is 6.92 Å². The molecule has 1 aliphatic rings. The van der Waals surface area contributed by atoms with Crippen molar-refractivity contribution < 1.29 is 19.8 Å². The summed E-state index contributed by atoms with van der Waals surface area (Å²) in [5.41, 5.74) is 4.14. The maximum Gasteiger partial charge on any atom is 0.312 e. The topological polar surface area (TPSA) is 86.0 Å². The predicted octanol–water partition coefficient (Wildman–Crippen LogP) is 3.50. The average molecular weight is 436 g/mol. The SMILES string of the molecule is CCN1CCN(CCCCn2c(-c3ccc(O)cc3)c(C)c3cc(O)ccc32)C(=O)C1=O. The van der Waals surface area contributed by atoms with E-state index in [0.717, 1.165) is 47.1 Å². The van der Waals surface area contributed by atoms with Crippen molar-refractivity contribution in [1.82, 2.24) is 14.4 Å². The highest BCUT2D eigenvalue weighted by Crippen LogP contribution is 2.35. The highest BCUT2D eigenvalue weighted by Gasteiger charge is 2.31. The van der Waals surface area contributed by atoms with Crippen molar-refractivity contribution in [2.24, 2.45) is 0 Å². The number of hydrogen-bond acceptors (Lipinski definition) is 4. The zero-order chi connectivity index (χ0) is 22.8. The van der Waals surface area contributed by atoms with Crippen molar-refractivity contribution in [3.05, 3.63) is 48.0 Å². The molecule has 0 radical (unpaired) electrons. The summed E-state index contributed by atoms with van der Waals surface area (Å²) in [6.07, 6.45) is 1.63. The van der Waals surface area contributed by atoms with Crippen molar-refractivity contribution in [2.75, 3.05) is 26.2 Å². The molecule has 0 bridgehead atoms. The van der Waals surface area contributed by atoms with Crippen molar-refractivity contribution in [3.8, 4) is 22.8 Å². The molecule has 0 atom stereocenters. The fraction of sp³-hybridized carbons (Fsp3) is 0.360. The Morgan fingerprint density at radius 1 is 0.844 bits per heavy atom. The molecule has 2 N–H and O–H groups in total. The van der Waals surface area contributed by atoms with Gasteiger partial charge in [-0.05, 0) is 80.3 Å². The molecule has 2 amide bonds. The van der Waals surface area contributed by atoms with Gasteiger partial charge in [-0.15, -0.1) is 0 Å². The lowest BCUT2D eigenvalue weighted by Crippen LogP contribution is -2.54. The number of amides is 2. The lowest BCUT2D eigenvalue weighted by atomic mass is 10.1. The molecule has 2 heterocycles. The first kappa shape index (κ1) is 21.7. The molecule has 4 rings (SSSR count). The van der Waals surface area contributed by atoms with E-state index in [1.54, 1.807) is 34.1 Å². The van der Waals surface area contributed by atoms with Gasteiger partial charge in [-0.1, -0.05) is 0 Å². The Balaban J connectivity index is 1.53. The number of aryl methyl sites for hydroxylation is 2. The van der Waals surface area contributed by atoms with Gasteiger partial charge in [-0.3, -0.25) is 9.59 Å². The molecule has 0 saturated carbocycles. The summed E-state index contributed by atoms with van der Waals surface area (Å²) in [4.78, 5) is 27.7. The molecule has 0 aliphatic carbocycles. The summed E-state index contributed by atoms with van der Waals surface area (Å²) in [5.74, 6) is -0.362. The van der Waals surface area contributed by atoms with Crippen LogP contribution < -0.4 is 0 Å². The van der Waals surface area contributed by atoms with Gasteiger partial charge in [0.05, 0.1) is 5.69 Å². The molecule has 168 valence electrons. The van der Waals surface area contributed by atoms with E-state index in [1.165, 1.54) is 0 Å². The van der Waals surface area contributed by atoms with Gasteiger partial charge in [0.15, 0.2) is 0 Å². The summed E-state index contributed by atoms with van der Waals surface area (Å²) < 4.78 is 2.23. The number of unbranched alkanes of at least 4 members (excludes halogenated alkanes) is 1. The number of aromatic nitrogens is 1. The van der Waals surface area contributed by atoms with E-state index in [-0.39, 0.29) is 11.5 Å². The number of piperazine rings is 1. The van der Waals surface area contributed by atoms with Crippen molar-refractivity contribution in [3.63, 3.8) is 0 Å². The molecular weight excluding hydrogens is 406 g/mol. The van der Waals surface area contributed by atoms with E-state index in [4.69, 9.17) is 0 Å². The van der Waals surface area contributed by atoms with Gasteiger partial charge >= 0.3 is 11.8 Å². The monoisotopic (exact) mass is 435 g/mol. The Morgan fingerprint density at radius 2 is 1.47 bits per heavy atom. The fourth-order valence-electron chi connectivity index (χ4n) is 4.54. The molecule has 7 nitrogen and oxygen atoms in total. The first-order valence-corrected chi connectivity index (χ1v) is 11.1. The number of carbonyl (C=O) groups is 2. The number of nitrogens with zero attached hydrogens (tertiary/aromatic N) is 3. The molecule has 1 saturated heterocycles.